The molecule has 0 spiro atoms. The van der Waals surface area contributed by atoms with E-state index in [-0.39, 0.29) is 42.3 Å². The first kappa shape index (κ1) is 28.0. The molecule has 0 aliphatic carbocycles. The number of aromatic nitrogens is 4. The van der Waals surface area contributed by atoms with E-state index in [1.807, 2.05) is 46.3 Å². The molecule has 35 heavy (non-hydrogen) atoms. The van der Waals surface area contributed by atoms with E-state index < -0.39 is 0 Å². The van der Waals surface area contributed by atoms with Crippen LogP contribution in [0.5, 0.6) is 0 Å². The molecule has 0 aliphatic heterocycles. The summed E-state index contributed by atoms with van der Waals surface area (Å²) in [5.74, 6) is 0.647. The monoisotopic (exact) mass is 502 g/mol. The van der Waals surface area contributed by atoms with Gasteiger partial charge in [0.05, 0.1) is 18.8 Å². The summed E-state index contributed by atoms with van der Waals surface area (Å²) in [6.07, 6.45) is 1.52. The number of benzene rings is 1. The molecule has 2 aromatic heterocycles. The maximum atomic E-state index is 13.0. The van der Waals surface area contributed by atoms with E-state index in [1.165, 1.54) is 6.20 Å². The molecule has 0 aliphatic rings. The summed E-state index contributed by atoms with van der Waals surface area (Å²) in [5, 5.41) is 2.93. The number of hydrogen-bond donors (Lipinski definition) is 2. The third-order valence-electron chi connectivity index (χ3n) is 5.83. The highest BCUT2D eigenvalue weighted by Gasteiger charge is 2.26. The maximum absolute atomic E-state index is 13.0. The Kier molecular flexibility index (Phi) is 9.55. The largest absolute Gasteiger partial charge is 1.00 e. The van der Waals surface area contributed by atoms with Gasteiger partial charge in [-0.15, -0.1) is 0 Å². The van der Waals surface area contributed by atoms with Crippen molar-refractivity contribution in [1.29, 1.82) is 0 Å². The summed E-state index contributed by atoms with van der Waals surface area (Å²) in [6.45, 7) is 9.02. The van der Waals surface area contributed by atoms with Crippen LogP contribution >= 0.6 is 0 Å². The van der Waals surface area contributed by atoms with Crippen molar-refractivity contribution >= 4 is 28.7 Å². The van der Waals surface area contributed by atoms with E-state index in [0.29, 0.717) is 24.3 Å². The molecule has 0 unspecified atom stereocenters. The third kappa shape index (κ3) is 6.07. The molecule has 3 aromatic rings. The van der Waals surface area contributed by atoms with Gasteiger partial charge in [-0.2, -0.15) is 0 Å². The Labute approximate surface area is 212 Å². The molecular weight excluding hydrogens is 468 g/mol. The van der Waals surface area contributed by atoms with Crippen molar-refractivity contribution in [3.63, 3.8) is 0 Å². The first-order chi connectivity index (χ1) is 16.2. The van der Waals surface area contributed by atoms with Crippen molar-refractivity contribution < 1.29 is 26.6 Å². The van der Waals surface area contributed by atoms with Gasteiger partial charge >= 0.3 is 0 Å². The predicted octanol–water partition coefficient (Wildman–Crippen LogP) is -1.78. The molecule has 2 heterocycles. The van der Waals surface area contributed by atoms with Gasteiger partial charge in [0, 0.05) is 38.0 Å². The van der Waals surface area contributed by atoms with Gasteiger partial charge in [0.15, 0.2) is 22.5 Å². The van der Waals surface area contributed by atoms with Crippen LogP contribution in [0, 0.1) is 6.92 Å². The van der Waals surface area contributed by atoms with E-state index in [0.717, 1.165) is 29.9 Å². The van der Waals surface area contributed by atoms with Gasteiger partial charge in [-0.05, 0) is 47.0 Å². The van der Waals surface area contributed by atoms with Crippen molar-refractivity contribution in [3.8, 4) is 0 Å². The third-order valence-corrected chi connectivity index (χ3v) is 5.83. The lowest BCUT2D eigenvalue weighted by molar-refractivity contribution is -0.676. The van der Waals surface area contributed by atoms with Gasteiger partial charge in [0.2, 0.25) is 0 Å². The molecule has 1 aromatic carbocycles. The van der Waals surface area contributed by atoms with Gasteiger partial charge in [0.25, 0.3) is 17.6 Å². The summed E-state index contributed by atoms with van der Waals surface area (Å²) >= 11 is 0. The van der Waals surface area contributed by atoms with E-state index in [2.05, 4.69) is 36.2 Å². The van der Waals surface area contributed by atoms with Gasteiger partial charge in [-0.3, -0.25) is 9.59 Å². The molecule has 0 saturated heterocycles. The molecule has 190 valence electrons. The Hall–Kier alpha value is -3.24. The van der Waals surface area contributed by atoms with Gasteiger partial charge in [-0.1, -0.05) is 0 Å². The van der Waals surface area contributed by atoms with Crippen molar-refractivity contribution in [3.05, 3.63) is 47.2 Å². The van der Waals surface area contributed by atoms with E-state index in [4.69, 9.17) is 5.73 Å². The fourth-order valence-electron chi connectivity index (χ4n) is 4.01. The quantitative estimate of drug-likeness (QED) is 0.334. The van der Waals surface area contributed by atoms with Crippen LogP contribution in [0.15, 0.2) is 24.4 Å². The highest BCUT2D eigenvalue weighted by Crippen LogP contribution is 2.19. The molecule has 0 radical (unpaired) electrons. The van der Waals surface area contributed by atoms with Crippen molar-refractivity contribution in [2.75, 3.05) is 40.0 Å². The minimum absolute atomic E-state index is 0. The Balaban J connectivity index is 0.00000432. The zero-order valence-electron chi connectivity index (χ0n) is 21.3. The number of carbonyl (C=O) groups is 2. The number of fused-ring (bicyclic) bond motifs is 1. The number of nitrogens with two attached hydrogens (primary N) is 1. The second-order valence-electron chi connectivity index (χ2n) is 8.57. The van der Waals surface area contributed by atoms with Crippen LogP contribution in [0.25, 0.3) is 11.0 Å². The Morgan fingerprint density at radius 1 is 1.17 bits per heavy atom. The van der Waals surface area contributed by atoms with Gasteiger partial charge < -0.3 is 33.3 Å². The molecule has 0 fully saturated rings. The van der Waals surface area contributed by atoms with Crippen LogP contribution in [-0.4, -0.2) is 70.4 Å². The number of imidazole rings is 1. The minimum Gasteiger partial charge on any atom is -1.00 e. The van der Waals surface area contributed by atoms with Crippen LogP contribution in [-0.2, 0) is 19.6 Å². The van der Waals surface area contributed by atoms with Crippen molar-refractivity contribution in [2.24, 2.45) is 0 Å². The number of carbonyl (C=O) groups excluding carboxylic acids is 2. The average Bonchev–Trinajstić information content (AvgIpc) is 3.11. The number of hydrogen-bond acceptors (Lipinski definition) is 6. The van der Waals surface area contributed by atoms with Crippen LogP contribution in [0.1, 0.15) is 46.2 Å². The molecule has 10 nitrogen and oxygen atoms in total. The number of halogens is 1. The highest BCUT2D eigenvalue weighted by atomic mass is 35.5. The van der Waals surface area contributed by atoms with E-state index >= 15 is 0 Å². The second-order valence-corrected chi connectivity index (χ2v) is 8.57. The van der Waals surface area contributed by atoms with Gasteiger partial charge in [-0.25, -0.2) is 19.1 Å². The SMILES string of the molecule is CCn1c(CNC(=O)c2ncc(C)nc2N)[n+](CC)c2ccc(C(=O)N(C)CCN(C)C)cc21.[Cl-]. The average molecular weight is 503 g/mol. The number of nitrogen functional groups attached to an aromatic ring is 1. The first-order valence-corrected chi connectivity index (χ1v) is 11.5. The molecule has 2 amide bonds. The fraction of sp³-hybridized carbons (Fsp3) is 0.458. The normalized spacial score (nSPS) is 10.9. The smallest absolute Gasteiger partial charge is 0.277 e. The summed E-state index contributed by atoms with van der Waals surface area (Å²) < 4.78 is 4.27. The zero-order chi connectivity index (χ0) is 25.0. The van der Waals surface area contributed by atoms with Crippen LogP contribution in [0.3, 0.4) is 0 Å². The molecule has 0 bridgehead atoms. The summed E-state index contributed by atoms with van der Waals surface area (Å²) in [5.41, 5.74) is 9.26. The molecule has 3 N–H and O–H groups in total. The summed E-state index contributed by atoms with van der Waals surface area (Å²) in [6, 6.07) is 5.79. The van der Waals surface area contributed by atoms with Crippen LogP contribution in [0.2, 0.25) is 0 Å². The highest BCUT2D eigenvalue weighted by molar-refractivity contribution is 5.97. The summed E-state index contributed by atoms with van der Waals surface area (Å²) in [4.78, 5) is 37.8. The van der Waals surface area contributed by atoms with E-state index in [1.54, 1.807) is 11.8 Å². The molecule has 11 heteroatoms. The number of amides is 2. The minimum atomic E-state index is -0.376. The number of aryl methyl sites for hydroxylation is 3. The van der Waals surface area contributed by atoms with Gasteiger partial charge in [0.1, 0.15) is 6.54 Å². The molecule has 3 rings (SSSR count). The zero-order valence-corrected chi connectivity index (χ0v) is 22.1. The van der Waals surface area contributed by atoms with Crippen molar-refractivity contribution in [2.45, 2.75) is 40.4 Å². The lowest BCUT2D eigenvalue weighted by Crippen LogP contribution is -3.00. The van der Waals surface area contributed by atoms with Crippen molar-refractivity contribution in [1.82, 2.24) is 29.7 Å². The maximum Gasteiger partial charge on any atom is 0.277 e. The number of rotatable bonds is 9. The number of nitrogens with one attached hydrogen (secondary N) is 1. The predicted molar refractivity (Wildman–Crippen MR) is 131 cm³/mol. The molecule has 0 saturated carbocycles. The Morgan fingerprint density at radius 3 is 2.49 bits per heavy atom. The lowest BCUT2D eigenvalue weighted by Gasteiger charge is -2.19. The molecular formula is C24H35ClN8O2. The number of likely N-dealkylation sites (N-methyl/N-ethyl adjacent to an activating group) is 2. The Morgan fingerprint density at radius 2 is 1.89 bits per heavy atom. The van der Waals surface area contributed by atoms with E-state index in [9.17, 15) is 9.59 Å². The van der Waals surface area contributed by atoms with Crippen LogP contribution < -0.4 is 28.0 Å². The Bertz CT molecular complexity index is 1210. The van der Waals surface area contributed by atoms with Crippen LogP contribution in [0.4, 0.5) is 5.82 Å². The number of nitrogens with zero attached hydrogens (tertiary/aromatic N) is 6. The molecule has 0 atom stereocenters. The number of anilines is 1. The first-order valence-electron chi connectivity index (χ1n) is 11.5. The topological polar surface area (TPSA) is 113 Å². The second kappa shape index (κ2) is 11.9. The lowest BCUT2D eigenvalue weighted by atomic mass is 10.1. The fourth-order valence-corrected chi connectivity index (χ4v) is 4.01. The summed E-state index contributed by atoms with van der Waals surface area (Å²) in [7, 11) is 5.80. The standard InChI is InChI=1S/C24H34N8O2.ClH/c1-7-31-18-10-9-17(24(34)30(6)12-11-29(4)5)13-19(18)32(8-2)20(31)15-27-23(33)21-22(25)28-16(3)14-26-21;/h9-10,13-14H,7-8,11-12,15H2,1-6H3,(H2-,25,27,28,33);1H.